The molecule has 0 aliphatic heterocycles. The lowest BCUT2D eigenvalue weighted by Gasteiger charge is -2.14. The number of hydrogen-bond donors (Lipinski definition) is 2. The highest BCUT2D eigenvalue weighted by molar-refractivity contribution is 5.54. The van der Waals surface area contributed by atoms with Gasteiger partial charge < -0.3 is 15.8 Å². The number of benzene rings is 2. The van der Waals surface area contributed by atoms with Gasteiger partial charge in [-0.25, -0.2) is 0 Å². The Bertz CT molecular complexity index is 569. The molecule has 3 heteroatoms. The predicted molar refractivity (Wildman–Crippen MR) is 93.2 cm³/mol. The molecule has 2 rings (SSSR count). The molecule has 3 nitrogen and oxygen atoms in total. The first kappa shape index (κ1) is 16.4. The third-order valence-electron chi connectivity index (χ3n) is 3.77. The Hall–Kier alpha value is -2.00. The summed E-state index contributed by atoms with van der Waals surface area (Å²) in [5, 5.41) is 3.56. The molecule has 2 aromatic carbocycles. The van der Waals surface area contributed by atoms with Crippen molar-refractivity contribution in [2.45, 2.75) is 32.7 Å². The van der Waals surface area contributed by atoms with Gasteiger partial charge in [0.05, 0.1) is 12.3 Å². The van der Waals surface area contributed by atoms with Gasteiger partial charge in [-0.2, -0.15) is 0 Å². The SMILES string of the molecule is CCOc1ccc(CCCNC(C)c2ccccc2)cc1N. The Morgan fingerprint density at radius 2 is 1.91 bits per heavy atom. The molecule has 2 aromatic rings. The number of anilines is 1. The molecule has 22 heavy (non-hydrogen) atoms. The fraction of sp³-hybridized carbons (Fsp3) is 0.368. The smallest absolute Gasteiger partial charge is 0.142 e. The van der Waals surface area contributed by atoms with Crippen molar-refractivity contribution in [2.75, 3.05) is 18.9 Å². The molecule has 0 radical (unpaired) electrons. The summed E-state index contributed by atoms with van der Waals surface area (Å²) in [5.74, 6) is 0.780. The summed E-state index contributed by atoms with van der Waals surface area (Å²) in [6.45, 7) is 5.80. The van der Waals surface area contributed by atoms with Crippen molar-refractivity contribution < 1.29 is 4.74 Å². The second-order valence-corrected chi connectivity index (χ2v) is 5.50. The quantitative estimate of drug-likeness (QED) is 0.573. The van der Waals surface area contributed by atoms with Crippen molar-refractivity contribution in [3.8, 4) is 5.75 Å². The van der Waals surface area contributed by atoms with Gasteiger partial charge in [0.2, 0.25) is 0 Å². The summed E-state index contributed by atoms with van der Waals surface area (Å²) in [6.07, 6.45) is 2.11. The van der Waals surface area contributed by atoms with Crippen LogP contribution in [-0.2, 0) is 6.42 Å². The van der Waals surface area contributed by atoms with Crippen LogP contribution in [0, 0.1) is 0 Å². The number of nitrogens with one attached hydrogen (secondary N) is 1. The minimum absolute atomic E-state index is 0.381. The van der Waals surface area contributed by atoms with Crippen LogP contribution in [0.15, 0.2) is 48.5 Å². The summed E-state index contributed by atoms with van der Waals surface area (Å²) < 4.78 is 5.46. The van der Waals surface area contributed by atoms with E-state index in [9.17, 15) is 0 Å². The molecule has 0 bridgehead atoms. The second kappa shape index (κ2) is 8.44. The van der Waals surface area contributed by atoms with Crippen LogP contribution in [0.5, 0.6) is 5.75 Å². The molecule has 0 fully saturated rings. The Labute approximate surface area is 133 Å². The Morgan fingerprint density at radius 3 is 2.59 bits per heavy atom. The van der Waals surface area contributed by atoms with E-state index in [1.165, 1.54) is 11.1 Å². The van der Waals surface area contributed by atoms with Crippen LogP contribution in [0.2, 0.25) is 0 Å². The first-order valence-corrected chi connectivity index (χ1v) is 8.00. The van der Waals surface area contributed by atoms with Crippen LogP contribution >= 0.6 is 0 Å². The van der Waals surface area contributed by atoms with E-state index in [4.69, 9.17) is 10.5 Å². The molecule has 0 aliphatic rings. The van der Waals surface area contributed by atoms with Gasteiger partial charge in [0.25, 0.3) is 0 Å². The lowest BCUT2D eigenvalue weighted by Crippen LogP contribution is -2.20. The maximum Gasteiger partial charge on any atom is 0.142 e. The second-order valence-electron chi connectivity index (χ2n) is 5.50. The third kappa shape index (κ3) is 4.78. The topological polar surface area (TPSA) is 47.3 Å². The van der Waals surface area contributed by atoms with Crippen LogP contribution in [0.3, 0.4) is 0 Å². The molecular formula is C19H26N2O. The molecule has 0 amide bonds. The van der Waals surface area contributed by atoms with E-state index in [-0.39, 0.29) is 0 Å². The highest BCUT2D eigenvalue weighted by atomic mass is 16.5. The number of nitrogens with two attached hydrogens (primary N) is 1. The summed E-state index contributed by atoms with van der Waals surface area (Å²) >= 11 is 0. The van der Waals surface area contributed by atoms with Crippen LogP contribution in [0.1, 0.15) is 37.4 Å². The molecular weight excluding hydrogens is 272 g/mol. The number of ether oxygens (including phenoxy) is 1. The lowest BCUT2D eigenvalue weighted by atomic mass is 10.1. The van der Waals surface area contributed by atoms with Gasteiger partial charge in [-0.15, -0.1) is 0 Å². The van der Waals surface area contributed by atoms with E-state index in [1.807, 2.05) is 25.1 Å². The zero-order valence-electron chi connectivity index (χ0n) is 13.5. The van der Waals surface area contributed by atoms with E-state index in [0.717, 1.165) is 30.8 Å². The van der Waals surface area contributed by atoms with Gasteiger partial charge >= 0.3 is 0 Å². The van der Waals surface area contributed by atoms with Gasteiger partial charge in [-0.1, -0.05) is 36.4 Å². The minimum atomic E-state index is 0.381. The monoisotopic (exact) mass is 298 g/mol. The molecule has 0 saturated carbocycles. The van der Waals surface area contributed by atoms with Gasteiger partial charge in [-0.3, -0.25) is 0 Å². The summed E-state index contributed by atoms with van der Waals surface area (Å²) in [7, 11) is 0. The molecule has 0 heterocycles. The Morgan fingerprint density at radius 1 is 1.14 bits per heavy atom. The van der Waals surface area contributed by atoms with Crippen LogP contribution in [-0.4, -0.2) is 13.2 Å². The lowest BCUT2D eigenvalue weighted by molar-refractivity contribution is 0.342. The fourth-order valence-corrected chi connectivity index (χ4v) is 2.51. The Balaban J connectivity index is 1.76. The van der Waals surface area contributed by atoms with E-state index in [0.29, 0.717) is 12.6 Å². The Kier molecular flexibility index (Phi) is 6.28. The maximum absolute atomic E-state index is 6.00. The predicted octanol–water partition coefficient (Wildman–Crippen LogP) is 3.95. The van der Waals surface area contributed by atoms with Crippen LogP contribution in [0.25, 0.3) is 0 Å². The van der Waals surface area contributed by atoms with Crippen LogP contribution in [0.4, 0.5) is 5.69 Å². The van der Waals surface area contributed by atoms with Crippen molar-refractivity contribution in [3.63, 3.8) is 0 Å². The summed E-state index contributed by atoms with van der Waals surface area (Å²) in [6, 6.07) is 17.0. The van der Waals surface area contributed by atoms with Crippen molar-refractivity contribution in [1.82, 2.24) is 5.32 Å². The van der Waals surface area contributed by atoms with E-state index in [2.05, 4.69) is 42.6 Å². The maximum atomic E-state index is 6.00. The number of rotatable bonds is 8. The minimum Gasteiger partial charge on any atom is -0.492 e. The standard InChI is InChI=1S/C19H26N2O/c1-3-22-19-12-11-16(14-18(19)20)8-7-13-21-15(2)17-9-5-4-6-10-17/h4-6,9-12,14-15,21H,3,7-8,13,20H2,1-2H3. The summed E-state index contributed by atoms with van der Waals surface area (Å²) in [4.78, 5) is 0. The van der Waals surface area contributed by atoms with Gasteiger partial charge in [0, 0.05) is 6.04 Å². The van der Waals surface area contributed by atoms with Gasteiger partial charge in [-0.05, 0) is 56.5 Å². The molecule has 1 unspecified atom stereocenters. The zero-order valence-corrected chi connectivity index (χ0v) is 13.5. The molecule has 3 N–H and O–H groups in total. The van der Waals surface area contributed by atoms with Gasteiger partial charge in [0.1, 0.15) is 5.75 Å². The normalized spacial score (nSPS) is 12.1. The molecule has 118 valence electrons. The molecule has 0 saturated heterocycles. The van der Waals surface area contributed by atoms with E-state index < -0.39 is 0 Å². The number of aryl methyl sites for hydroxylation is 1. The third-order valence-corrected chi connectivity index (χ3v) is 3.77. The average Bonchev–Trinajstić information content (AvgIpc) is 2.55. The average molecular weight is 298 g/mol. The largest absolute Gasteiger partial charge is 0.492 e. The fourth-order valence-electron chi connectivity index (χ4n) is 2.51. The molecule has 0 aromatic heterocycles. The van der Waals surface area contributed by atoms with Crippen molar-refractivity contribution in [2.24, 2.45) is 0 Å². The molecule has 0 spiro atoms. The van der Waals surface area contributed by atoms with E-state index in [1.54, 1.807) is 0 Å². The number of nitrogen functional groups attached to an aromatic ring is 1. The molecule has 1 atom stereocenters. The summed E-state index contributed by atoms with van der Waals surface area (Å²) in [5.41, 5.74) is 9.31. The van der Waals surface area contributed by atoms with Gasteiger partial charge in [0.15, 0.2) is 0 Å². The van der Waals surface area contributed by atoms with Crippen molar-refractivity contribution in [3.05, 3.63) is 59.7 Å². The van der Waals surface area contributed by atoms with Crippen molar-refractivity contribution in [1.29, 1.82) is 0 Å². The van der Waals surface area contributed by atoms with Crippen LogP contribution < -0.4 is 15.8 Å². The first-order valence-electron chi connectivity index (χ1n) is 8.00. The van der Waals surface area contributed by atoms with Crippen molar-refractivity contribution >= 4 is 5.69 Å². The zero-order chi connectivity index (χ0) is 15.8. The highest BCUT2D eigenvalue weighted by Crippen LogP contribution is 2.23. The highest BCUT2D eigenvalue weighted by Gasteiger charge is 2.04. The molecule has 0 aliphatic carbocycles. The number of hydrogen-bond acceptors (Lipinski definition) is 3. The van der Waals surface area contributed by atoms with E-state index >= 15 is 0 Å². The first-order chi connectivity index (χ1) is 10.7.